The van der Waals surface area contributed by atoms with Gasteiger partial charge >= 0.3 is 0 Å². The lowest BCUT2D eigenvalue weighted by Crippen LogP contribution is -1.89. The molecular formula is C9H15NO. The fourth-order valence-electron chi connectivity index (χ4n) is 0.727. The molecule has 0 aliphatic heterocycles. The molecule has 11 heavy (non-hydrogen) atoms. The molecule has 2 nitrogen and oxygen atoms in total. The largest absolute Gasteiger partial charge is 0.403 e. The highest BCUT2D eigenvalue weighted by Gasteiger charge is 1.86. The Labute approximate surface area is 67.8 Å². The topological polar surface area (TPSA) is 43.1 Å². The smallest absolute Gasteiger partial charge is 0.142 e. The molecule has 0 atom stereocenters. The molecule has 0 amide bonds. The van der Waals surface area contributed by atoms with Crippen molar-refractivity contribution in [1.82, 2.24) is 0 Å². The van der Waals surface area contributed by atoms with Crippen molar-refractivity contribution < 1.29 is 4.79 Å². The minimum absolute atomic E-state index is 0.814. The number of hydrogen-bond donors (Lipinski definition) is 1. The van der Waals surface area contributed by atoms with Crippen molar-refractivity contribution in [2.24, 2.45) is 5.73 Å². The van der Waals surface area contributed by atoms with Crippen LogP contribution in [-0.4, -0.2) is 6.29 Å². The van der Waals surface area contributed by atoms with Crippen molar-refractivity contribution in [2.45, 2.75) is 26.7 Å². The van der Waals surface area contributed by atoms with E-state index in [4.69, 9.17) is 5.73 Å². The Morgan fingerprint density at radius 2 is 2.09 bits per heavy atom. The highest BCUT2D eigenvalue weighted by molar-refractivity contribution is 5.65. The molecule has 0 saturated heterocycles. The third kappa shape index (κ3) is 6.84. The van der Waals surface area contributed by atoms with Crippen molar-refractivity contribution in [1.29, 1.82) is 0 Å². The van der Waals surface area contributed by atoms with Gasteiger partial charge in [-0.25, -0.2) is 0 Å². The molecule has 0 aliphatic rings. The van der Waals surface area contributed by atoms with E-state index < -0.39 is 0 Å². The highest BCUT2D eigenvalue weighted by atomic mass is 16.1. The van der Waals surface area contributed by atoms with Crippen LogP contribution in [0.4, 0.5) is 0 Å². The number of rotatable bonds is 4. The van der Waals surface area contributed by atoms with Gasteiger partial charge in [0.05, 0.1) is 0 Å². The van der Waals surface area contributed by atoms with Crippen LogP contribution < -0.4 is 5.73 Å². The Hall–Kier alpha value is -1.05. The molecule has 0 bridgehead atoms. The molecule has 0 fully saturated rings. The van der Waals surface area contributed by atoms with E-state index in [2.05, 4.69) is 0 Å². The Bertz CT molecular complexity index is 176. The van der Waals surface area contributed by atoms with Crippen LogP contribution >= 0.6 is 0 Å². The third-order valence-corrected chi connectivity index (χ3v) is 1.36. The van der Waals surface area contributed by atoms with Gasteiger partial charge in [0, 0.05) is 5.70 Å². The van der Waals surface area contributed by atoms with Gasteiger partial charge in [-0.1, -0.05) is 11.6 Å². The summed E-state index contributed by atoms with van der Waals surface area (Å²) in [7, 11) is 0. The van der Waals surface area contributed by atoms with E-state index in [1.165, 1.54) is 0 Å². The van der Waals surface area contributed by atoms with Crippen molar-refractivity contribution in [2.75, 3.05) is 0 Å². The summed E-state index contributed by atoms with van der Waals surface area (Å²) in [6, 6.07) is 0. The van der Waals surface area contributed by atoms with E-state index in [0.717, 1.165) is 30.4 Å². The predicted molar refractivity (Wildman–Crippen MR) is 47.0 cm³/mol. The molecular weight excluding hydrogens is 138 g/mol. The first-order chi connectivity index (χ1) is 5.16. The number of carbonyl (C=O) groups excluding carboxylic acids is 1. The zero-order valence-electron chi connectivity index (χ0n) is 7.13. The number of allylic oxidation sites excluding steroid dienone is 4. The Morgan fingerprint density at radius 1 is 1.45 bits per heavy atom. The van der Waals surface area contributed by atoms with E-state index >= 15 is 0 Å². The van der Waals surface area contributed by atoms with Gasteiger partial charge in [0.25, 0.3) is 0 Å². The first-order valence-corrected chi connectivity index (χ1v) is 3.70. The van der Waals surface area contributed by atoms with Crippen LogP contribution in [0.15, 0.2) is 23.4 Å². The van der Waals surface area contributed by atoms with Crippen LogP contribution in [0, 0.1) is 0 Å². The third-order valence-electron chi connectivity index (χ3n) is 1.36. The zero-order valence-corrected chi connectivity index (χ0v) is 7.13. The van der Waals surface area contributed by atoms with Crippen molar-refractivity contribution in [3.8, 4) is 0 Å². The lowest BCUT2D eigenvalue weighted by atomic mass is 10.1. The van der Waals surface area contributed by atoms with E-state index in [9.17, 15) is 4.79 Å². The van der Waals surface area contributed by atoms with Crippen molar-refractivity contribution in [3.05, 3.63) is 23.4 Å². The molecule has 0 aliphatic carbocycles. The fraction of sp³-hybridized carbons (Fsp3) is 0.444. The molecule has 0 saturated carbocycles. The lowest BCUT2D eigenvalue weighted by Gasteiger charge is -1.95. The van der Waals surface area contributed by atoms with Crippen LogP contribution in [0.3, 0.4) is 0 Å². The summed E-state index contributed by atoms with van der Waals surface area (Å²) >= 11 is 0. The first kappa shape index (κ1) is 9.95. The number of nitrogens with two attached hydrogens (primary N) is 1. The van der Waals surface area contributed by atoms with Gasteiger partial charge in [-0.3, -0.25) is 4.79 Å². The molecule has 0 aromatic heterocycles. The van der Waals surface area contributed by atoms with E-state index in [-0.39, 0.29) is 0 Å². The number of hydrogen-bond acceptors (Lipinski definition) is 2. The molecule has 0 rings (SSSR count). The maximum Gasteiger partial charge on any atom is 0.142 e. The fourth-order valence-corrected chi connectivity index (χ4v) is 0.727. The van der Waals surface area contributed by atoms with Gasteiger partial charge < -0.3 is 5.73 Å². The van der Waals surface area contributed by atoms with Crippen LogP contribution in [0.1, 0.15) is 26.7 Å². The Balaban J connectivity index is 3.63. The second-order valence-electron chi connectivity index (χ2n) is 2.64. The standard InChI is InChI=1S/C9H15NO/c1-8(6-7-11)4-3-5-9(2)10/h5-7H,3-4,10H2,1-2H3/b8-6+,9-5+. The normalized spacial score (nSPS) is 13.3. The SMILES string of the molecule is C/C(N)=C\CC/C(C)=C/C=O. The molecule has 0 heterocycles. The maximum atomic E-state index is 10.00. The first-order valence-electron chi connectivity index (χ1n) is 3.70. The zero-order chi connectivity index (χ0) is 8.69. The van der Waals surface area contributed by atoms with E-state index in [0.29, 0.717) is 0 Å². The van der Waals surface area contributed by atoms with Crippen LogP contribution in [0.2, 0.25) is 0 Å². The van der Waals surface area contributed by atoms with Gasteiger partial charge in [-0.05, 0) is 32.8 Å². The number of aldehydes is 1. The average molecular weight is 153 g/mol. The van der Waals surface area contributed by atoms with Crippen LogP contribution in [-0.2, 0) is 4.79 Å². The van der Waals surface area contributed by atoms with Crippen molar-refractivity contribution >= 4 is 6.29 Å². The lowest BCUT2D eigenvalue weighted by molar-refractivity contribution is -0.104. The predicted octanol–water partition coefficient (Wildman–Crippen LogP) is 1.77. The summed E-state index contributed by atoms with van der Waals surface area (Å²) < 4.78 is 0. The minimum atomic E-state index is 0.814. The monoisotopic (exact) mass is 153 g/mol. The van der Waals surface area contributed by atoms with Crippen LogP contribution in [0.25, 0.3) is 0 Å². The summed E-state index contributed by atoms with van der Waals surface area (Å²) in [4.78, 5) is 10.00. The molecule has 2 N–H and O–H groups in total. The Morgan fingerprint density at radius 3 is 2.55 bits per heavy atom. The summed E-state index contributed by atoms with van der Waals surface area (Å²) in [5.74, 6) is 0. The highest BCUT2D eigenvalue weighted by Crippen LogP contribution is 2.03. The van der Waals surface area contributed by atoms with Gasteiger partial charge in [-0.15, -0.1) is 0 Å². The second kappa shape index (κ2) is 5.71. The van der Waals surface area contributed by atoms with Gasteiger partial charge in [0.15, 0.2) is 0 Å². The molecule has 2 heteroatoms. The summed E-state index contributed by atoms with van der Waals surface area (Å²) in [5, 5.41) is 0. The molecule has 0 spiro atoms. The molecule has 62 valence electrons. The van der Waals surface area contributed by atoms with Gasteiger partial charge in [-0.2, -0.15) is 0 Å². The Kier molecular flexibility index (Phi) is 5.17. The minimum Gasteiger partial charge on any atom is -0.403 e. The quantitative estimate of drug-likeness (QED) is 0.494. The van der Waals surface area contributed by atoms with Crippen LogP contribution in [0.5, 0.6) is 0 Å². The van der Waals surface area contributed by atoms with Gasteiger partial charge in [0.1, 0.15) is 6.29 Å². The summed E-state index contributed by atoms with van der Waals surface area (Å²) in [6.45, 7) is 3.80. The summed E-state index contributed by atoms with van der Waals surface area (Å²) in [5.41, 5.74) is 7.36. The molecule has 0 radical (unpaired) electrons. The van der Waals surface area contributed by atoms with E-state index in [1.807, 2.05) is 19.9 Å². The average Bonchev–Trinajstić information content (AvgIpc) is 1.87. The molecule has 0 aromatic rings. The van der Waals surface area contributed by atoms with Gasteiger partial charge in [0.2, 0.25) is 0 Å². The molecule has 0 aromatic carbocycles. The summed E-state index contributed by atoms with van der Waals surface area (Å²) in [6.07, 6.45) is 6.18. The second-order valence-corrected chi connectivity index (χ2v) is 2.64. The van der Waals surface area contributed by atoms with E-state index in [1.54, 1.807) is 6.08 Å². The maximum absolute atomic E-state index is 10.00. The van der Waals surface area contributed by atoms with Crippen molar-refractivity contribution in [3.63, 3.8) is 0 Å². The molecule has 0 unspecified atom stereocenters. The number of carbonyl (C=O) groups is 1.